The molecule has 6 heteroatoms. The molecule has 4 aromatic heterocycles. The van der Waals surface area contributed by atoms with E-state index in [4.69, 9.17) is 23.8 Å². The minimum atomic E-state index is 0.566. The van der Waals surface area contributed by atoms with Gasteiger partial charge in [-0.05, 0) is 70.4 Å². The number of hydrogen-bond acceptors (Lipinski definition) is 5. The summed E-state index contributed by atoms with van der Waals surface area (Å²) < 4.78 is 15.6. The maximum atomic E-state index is 6.87. The second-order valence-electron chi connectivity index (χ2n) is 17.1. The Hall–Kier alpha value is -9.13. The maximum Gasteiger partial charge on any atom is 0.164 e. The zero-order chi connectivity index (χ0) is 44.0. The average Bonchev–Trinajstić information content (AvgIpc) is 4.08. The zero-order valence-electron chi connectivity index (χ0n) is 35.9. The van der Waals surface area contributed by atoms with Gasteiger partial charge >= 0.3 is 0 Å². The first-order chi connectivity index (χ1) is 33.2. The molecule has 14 aromatic rings. The Labute approximate surface area is 383 Å². The molecule has 312 valence electrons. The van der Waals surface area contributed by atoms with Crippen LogP contribution in [-0.4, -0.2) is 19.5 Å². The van der Waals surface area contributed by atoms with Crippen molar-refractivity contribution >= 4 is 76.5 Å². The number of benzene rings is 10. The minimum Gasteiger partial charge on any atom is -0.456 e. The smallest absolute Gasteiger partial charge is 0.164 e. The van der Waals surface area contributed by atoms with Gasteiger partial charge in [0.1, 0.15) is 22.3 Å². The molecule has 0 fully saturated rings. The van der Waals surface area contributed by atoms with E-state index in [0.717, 1.165) is 105 Å². The number of fused-ring (bicyclic) bond motifs is 11. The Morgan fingerprint density at radius 3 is 1.79 bits per heavy atom. The van der Waals surface area contributed by atoms with Crippen LogP contribution in [0, 0.1) is 0 Å². The van der Waals surface area contributed by atoms with Crippen LogP contribution in [0.25, 0.3) is 139 Å². The van der Waals surface area contributed by atoms with Crippen molar-refractivity contribution in [3.63, 3.8) is 0 Å². The highest BCUT2D eigenvalue weighted by molar-refractivity contribution is 6.22. The van der Waals surface area contributed by atoms with E-state index in [1.807, 2.05) is 54.6 Å². The Balaban J connectivity index is 0.996. The van der Waals surface area contributed by atoms with Gasteiger partial charge in [0.25, 0.3) is 0 Å². The lowest BCUT2D eigenvalue weighted by molar-refractivity contribution is 0.669. The normalized spacial score (nSPS) is 11.9. The van der Waals surface area contributed by atoms with Gasteiger partial charge in [0.2, 0.25) is 0 Å². The van der Waals surface area contributed by atoms with E-state index in [9.17, 15) is 0 Å². The highest BCUT2D eigenvalue weighted by atomic mass is 16.3. The molecule has 4 heterocycles. The number of nitrogens with zero attached hydrogens (tertiary/aromatic N) is 4. The van der Waals surface area contributed by atoms with E-state index in [1.54, 1.807) is 0 Å². The lowest BCUT2D eigenvalue weighted by Gasteiger charge is -2.14. The molecule has 0 N–H and O–H groups in total. The van der Waals surface area contributed by atoms with Gasteiger partial charge in [0, 0.05) is 65.8 Å². The fraction of sp³-hybridized carbons (Fsp3) is 0. The Morgan fingerprint density at radius 1 is 0.328 bits per heavy atom. The van der Waals surface area contributed by atoms with Crippen molar-refractivity contribution in [3.8, 4) is 62.1 Å². The quantitative estimate of drug-likeness (QED) is 0.167. The molecule has 67 heavy (non-hydrogen) atoms. The summed E-state index contributed by atoms with van der Waals surface area (Å²) in [6.07, 6.45) is 0. The van der Waals surface area contributed by atoms with Gasteiger partial charge in [-0.3, -0.25) is 0 Å². The Morgan fingerprint density at radius 2 is 0.955 bits per heavy atom. The summed E-state index contributed by atoms with van der Waals surface area (Å²) >= 11 is 0. The Bertz CT molecular complexity index is 4280. The van der Waals surface area contributed by atoms with Gasteiger partial charge in [-0.25, -0.2) is 15.0 Å². The van der Waals surface area contributed by atoms with Gasteiger partial charge in [0.15, 0.2) is 17.5 Å². The lowest BCUT2D eigenvalue weighted by Crippen LogP contribution is -2.01. The molecule has 0 saturated carbocycles. The number of rotatable bonds is 6. The SMILES string of the molecule is c1ccc(-c2ccc3c(c2)c2cccc(-c4cccc5c4oc4ccc6ccccc6c45)c2n3-c2cccc(-c3nc(-c4ccccc4)nc(-c4ccc5c(c4)oc4ccccc45)n3)c2)cc1. The molecular weight excluding hydrogens is 821 g/mol. The molecule has 0 spiro atoms. The van der Waals surface area contributed by atoms with Gasteiger partial charge in [0.05, 0.1) is 11.0 Å². The van der Waals surface area contributed by atoms with Crippen LogP contribution in [0.2, 0.25) is 0 Å². The molecule has 0 aliphatic heterocycles. The van der Waals surface area contributed by atoms with Crippen molar-refractivity contribution in [3.05, 3.63) is 218 Å². The summed E-state index contributed by atoms with van der Waals surface area (Å²) in [5, 5.41) is 9.02. The molecule has 0 aliphatic carbocycles. The number of aromatic nitrogens is 4. The molecule has 14 rings (SSSR count). The van der Waals surface area contributed by atoms with Crippen LogP contribution in [0.5, 0.6) is 0 Å². The van der Waals surface area contributed by atoms with Gasteiger partial charge < -0.3 is 13.4 Å². The molecule has 0 bridgehead atoms. The van der Waals surface area contributed by atoms with E-state index < -0.39 is 0 Å². The number of furan rings is 2. The molecular formula is C61H36N4O2. The van der Waals surface area contributed by atoms with E-state index in [-0.39, 0.29) is 0 Å². The number of hydrogen-bond donors (Lipinski definition) is 0. The summed E-state index contributed by atoms with van der Waals surface area (Å²) in [5.41, 5.74) is 13.6. The van der Waals surface area contributed by atoms with Crippen molar-refractivity contribution in [1.29, 1.82) is 0 Å². The predicted octanol–water partition coefficient (Wildman–Crippen LogP) is 16.3. The largest absolute Gasteiger partial charge is 0.456 e. The second kappa shape index (κ2) is 14.7. The molecule has 0 atom stereocenters. The summed E-state index contributed by atoms with van der Waals surface area (Å²) in [6, 6.07) is 76.3. The summed E-state index contributed by atoms with van der Waals surface area (Å²) in [4.78, 5) is 15.4. The lowest BCUT2D eigenvalue weighted by atomic mass is 9.97. The molecule has 6 nitrogen and oxygen atoms in total. The molecule has 10 aromatic carbocycles. The zero-order valence-corrected chi connectivity index (χ0v) is 35.9. The monoisotopic (exact) mass is 856 g/mol. The average molecular weight is 857 g/mol. The second-order valence-corrected chi connectivity index (χ2v) is 17.1. The summed E-state index contributed by atoms with van der Waals surface area (Å²) in [6.45, 7) is 0. The van der Waals surface area contributed by atoms with Crippen molar-refractivity contribution in [2.45, 2.75) is 0 Å². The van der Waals surface area contributed by atoms with Gasteiger partial charge in [-0.2, -0.15) is 0 Å². The first kappa shape index (κ1) is 37.3. The van der Waals surface area contributed by atoms with E-state index in [2.05, 4.69) is 168 Å². The van der Waals surface area contributed by atoms with Crippen LogP contribution in [0.4, 0.5) is 0 Å². The minimum absolute atomic E-state index is 0.566. The van der Waals surface area contributed by atoms with Crippen LogP contribution in [-0.2, 0) is 0 Å². The molecule has 0 amide bonds. The highest BCUT2D eigenvalue weighted by Crippen LogP contribution is 2.45. The topological polar surface area (TPSA) is 69.9 Å². The highest BCUT2D eigenvalue weighted by Gasteiger charge is 2.22. The predicted molar refractivity (Wildman–Crippen MR) is 273 cm³/mol. The molecule has 0 radical (unpaired) electrons. The van der Waals surface area contributed by atoms with Crippen molar-refractivity contribution in [1.82, 2.24) is 19.5 Å². The van der Waals surface area contributed by atoms with Crippen LogP contribution in [0.1, 0.15) is 0 Å². The van der Waals surface area contributed by atoms with Crippen LogP contribution < -0.4 is 0 Å². The fourth-order valence-electron chi connectivity index (χ4n) is 10.1. The van der Waals surface area contributed by atoms with Crippen molar-refractivity contribution in [2.75, 3.05) is 0 Å². The molecule has 0 unspecified atom stereocenters. The van der Waals surface area contributed by atoms with Gasteiger partial charge in [-0.15, -0.1) is 0 Å². The van der Waals surface area contributed by atoms with Crippen LogP contribution >= 0.6 is 0 Å². The van der Waals surface area contributed by atoms with Crippen LogP contribution in [0.3, 0.4) is 0 Å². The van der Waals surface area contributed by atoms with Crippen LogP contribution in [0.15, 0.2) is 227 Å². The van der Waals surface area contributed by atoms with Crippen molar-refractivity contribution in [2.24, 2.45) is 0 Å². The third-order valence-corrected chi connectivity index (χ3v) is 13.2. The molecule has 0 aliphatic rings. The fourth-order valence-corrected chi connectivity index (χ4v) is 10.1. The maximum absolute atomic E-state index is 6.87. The first-order valence-electron chi connectivity index (χ1n) is 22.5. The third-order valence-electron chi connectivity index (χ3n) is 13.2. The van der Waals surface area contributed by atoms with E-state index in [0.29, 0.717) is 17.5 Å². The van der Waals surface area contributed by atoms with E-state index in [1.165, 1.54) is 16.3 Å². The van der Waals surface area contributed by atoms with E-state index >= 15 is 0 Å². The standard InChI is InChI=1S/C61H36N4O2/c1-3-14-37(15-4-1)40-29-32-52-51(35-40)48-24-12-23-47(49-25-13-26-50-56-44-21-8-7-16-38(44)30-33-54(56)67-58(49)50)57(48)65(52)43-20-11-19-41(34-43)60-62-59(39-17-5-2-6-18-39)63-61(64-60)42-28-31-46-45-22-9-10-27-53(45)66-55(46)36-42/h1-36H. The number of para-hydroxylation sites is 3. The van der Waals surface area contributed by atoms with Gasteiger partial charge in [-0.1, -0.05) is 170 Å². The Kier molecular flexibility index (Phi) is 8.18. The van der Waals surface area contributed by atoms with Crippen molar-refractivity contribution < 1.29 is 8.83 Å². The molecule has 0 saturated heterocycles. The summed E-state index contributed by atoms with van der Waals surface area (Å²) in [5.74, 6) is 1.73. The summed E-state index contributed by atoms with van der Waals surface area (Å²) in [7, 11) is 0. The first-order valence-corrected chi connectivity index (χ1v) is 22.5. The third kappa shape index (κ3) is 5.93.